The van der Waals surface area contributed by atoms with Gasteiger partial charge in [-0.05, 0) is 64.9 Å². The number of rotatable bonds is 8. The van der Waals surface area contributed by atoms with Crippen LogP contribution in [0.5, 0.6) is 5.75 Å². The van der Waals surface area contributed by atoms with Crippen LogP contribution >= 0.6 is 0 Å². The van der Waals surface area contributed by atoms with Gasteiger partial charge in [-0.15, -0.1) is 0 Å². The van der Waals surface area contributed by atoms with Gasteiger partial charge in [-0.25, -0.2) is 0 Å². The van der Waals surface area contributed by atoms with Crippen molar-refractivity contribution in [3.63, 3.8) is 0 Å². The Balaban J connectivity index is 0.000000210. The quantitative estimate of drug-likeness (QED) is 0.0601. The fraction of sp³-hybridized carbons (Fsp3) is 0.0278. The van der Waals surface area contributed by atoms with Crippen LogP contribution in [0.3, 0.4) is 0 Å². The van der Waals surface area contributed by atoms with Crippen LogP contribution in [0.2, 0.25) is 0 Å². The summed E-state index contributed by atoms with van der Waals surface area (Å²) >= 11 is 0. The van der Waals surface area contributed by atoms with Crippen molar-refractivity contribution in [2.45, 2.75) is 9.79 Å². The van der Waals surface area contributed by atoms with Gasteiger partial charge in [0.2, 0.25) is 11.9 Å². The van der Waals surface area contributed by atoms with Gasteiger partial charge >= 0.3 is 6.08 Å². The molecular weight excluding hydrogens is 740 g/mol. The van der Waals surface area contributed by atoms with Crippen LogP contribution in [0.15, 0.2) is 119 Å². The Morgan fingerprint density at radius 3 is 2.06 bits per heavy atom. The highest BCUT2D eigenvalue weighted by Gasteiger charge is 2.21. The van der Waals surface area contributed by atoms with Crippen LogP contribution in [-0.4, -0.2) is 53.0 Å². The first-order valence-electron chi connectivity index (χ1n) is 15.7. The number of nitrogens with two attached hydrogens (primary N) is 2. The van der Waals surface area contributed by atoms with Gasteiger partial charge in [0.25, 0.3) is 20.2 Å². The number of nitrogen functional groups attached to an aromatic ring is 2. The van der Waals surface area contributed by atoms with E-state index in [-0.39, 0.29) is 34.1 Å². The van der Waals surface area contributed by atoms with Crippen molar-refractivity contribution in [3.8, 4) is 16.9 Å². The van der Waals surface area contributed by atoms with Crippen molar-refractivity contribution in [3.05, 3.63) is 115 Å². The first-order chi connectivity index (χ1) is 25.6. The summed E-state index contributed by atoms with van der Waals surface area (Å²) < 4.78 is 79.7. The Labute approximate surface area is 308 Å². The lowest BCUT2D eigenvalue weighted by Crippen LogP contribution is -2.09. The number of phenolic OH excluding ortho intramolecular Hbond substituents is 1. The molecule has 18 heteroatoms. The van der Waals surface area contributed by atoms with E-state index >= 15 is 0 Å². The molecule has 6 aromatic carbocycles. The average molecular weight is 771 g/mol. The van der Waals surface area contributed by atoms with Gasteiger partial charge in [0.05, 0.1) is 11.4 Å². The van der Waals surface area contributed by atoms with Crippen molar-refractivity contribution >= 4 is 82.1 Å². The minimum absolute atomic E-state index is 0.112. The van der Waals surface area contributed by atoms with Crippen LogP contribution in [0.25, 0.3) is 32.7 Å². The summed E-state index contributed by atoms with van der Waals surface area (Å²) in [6, 6.07) is 30.2. The van der Waals surface area contributed by atoms with Gasteiger partial charge in [0, 0.05) is 40.4 Å². The summed E-state index contributed by atoms with van der Waals surface area (Å²) in [5.41, 5.74) is 15.3. The largest absolute Gasteiger partial charge is 0.507 e. The maximum atomic E-state index is 14.1. The van der Waals surface area contributed by atoms with E-state index in [0.29, 0.717) is 16.5 Å². The molecule has 0 fully saturated rings. The molecule has 0 radical (unpaired) electrons. The predicted octanol–water partition coefficient (Wildman–Crippen LogP) is 6.56. The first kappa shape index (κ1) is 37.2. The van der Waals surface area contributed by atoms with E-state index < -0.39 is 42.1 Å². The lowest BCUT2D eigenvalue weighted by molar-refractivity contribution is 0.481. The summed E-state index contributed by atoms with van der Waals surface area (Å²) in [6.45, 7) is 0. The van der Waals surface area contributed by atoms with Gasteiger partial charge < -0.3 is 32.5 Å². The zero-order valence-electron chi connectivity index (χ0n) is 28.1. The highest BCUT2D eigenvalue weighted by Crippen LogP contribution is 2.37. The van der Waals surface area contributed by atoms with Gasteiger partial charge in [-0.3, -0.25) is 9.11 Å². The van der Waals surface area contributed by atoms with E-state index in [1.807, 2.05) is 49.5 Å². The maximum absolute atomic E-state index is 14.1. The minimum atomic E-state index is -4.70. The lowest BCUT2D eigenvalue weighted by Gasteiger charge is -2.13. The van der Waals surface area contributed by atoms with Gasteiger partial charge in [0.1, 0.15) is 15.5 Å². The Hall–Kier alpha value is -6.60. The zero-order valence-corrected chi connectivity index (χ0v) is 29.7. The fourth-order valence-electron chi connectivity index (χ4n) is 5.74. The summed E-state index contributed by atoms with van der Waals surface area (Å²) in [6.07, 6.45) is -1.23. The number of halogens is 1. The Bertz CT molecular complexity index is 2790. The molecule has 1 aromatic heterocycles. The third-order valence-electron chi connectivity index (χ3n) is 8.03. The van der Waals surface area contributed by atoms with Crippen LogP contribution in [-0.2, 0) is 20.2 Å². The molecule has 0 saturated carbocycles. The highest BCUT2D eigenvalue weighted by molar-refractivity contribution is 7.86. The zero-order chi connectivity index (χ0) is 38.8. The second-order valence-corrected chi connectivity index (χ2v) is 14.4. The van der Waals surface area contributed by atoms with Crippen molar-refractivity contribution < 1.29 is 35.4 Å². The van der Waals surface area contributed by atoms with E-state index in [9.17, 15) is 30.9 Å². The Morgan fingerprint density at radius 1 is 0.667 bits per heavy atom. The van der Waals surface area contributed by atoms with Crippen molar-refractivity contribution in [1.29, 1.82) is 0 Å². The maximum Gasteiger partial charge on any atom is 0.315 e. The number of nitrogens with one attached hydrogen (secondary N) is 3. The smallest absolute Gasteiger partial charge is 0.315 e. The van der Waals surface area contributed by atoms with E-state index in [2.05, 4.69) is 37.0 Å². The van der Waals surface area contributed by atoms with Crippen molar-refractivity contribution in [2.75, 3.05) is 34.5 Å². The Kier molecular flexibility index (Phi) is 10.2. The molecule has 0 aliphatic rings. The predicted molar refractivity (Wildman–Crippen MR) is 206 cm³/mol. The summed E-state index contributed by atoms with van der Waals surface area (Å²) in [7, 11) is -7.34. The molecule has 7 aromatic rings. The van der Waals surface area contributed by atoms with Gasteiger partial charge in [-0.2, -0.15) is 36.2 Å². The number of hydrogen-bond donors (Lipinski definition) is 8. The fourth-order valence-corrected chi connectivity index (χ4v) is 7.20. The van der Waals surface area contributed by atoms with E-state index in [1.54, 1.807) is 30.3 Å². The topological polar surface area (TPSA) is 256 Å². The van der Waals surface area contributed by atoms with E-state index in [4.69, 9.17) is 16.0 Å². The number of phenols is 1. The van der Waals surface area contributed by atoms with Crippen LogP contribution in [0.1, 0.15) is 0 Å². The molecule has 0 unspecified atom stereocenters. The van der Waals surface area contributed by atoms with E-state index in [0.717, 1.165) is 34.3 Å². The molecule has 0 bridgehead atoms. The molecule has 0 aliphatic heterocycles. The van der Waals surface area contributed by atoms with Gasteiger partial charge in [-0.1, -0.05) is 60.7 Å². The molecule has 0 atom stereocenters. The standard InChI is InChI=1S/C19H15FN6O6S2.C17H16N2O/c20-17-24-18(22-11-6-8-15(13(21)9-11)33(27,28)29)26-19(25-17)23-14-7-5-10-3-1-2-4-12(10)16(14)34(30,31)32;1-19-15-7-3-2-6-13(15)12-9-11-5-4-8-16(20)17(11)14(18)10-12/h1-9H,21H2,(H,27,28,29)(H,30,31,32)(H2,22,23,24,25,26);2-10,19-20H,18H2,1H3. The third-order valence-corrected chi connectivity index (χ3v) is 9.91. The SMILES string of the molecule is CNc1ccccc1-c1cc(N)c2c(O)cccc2c1.Nc1cc(Nc2nc(F)nc(Nc3ccc4ccccc4c3S(=O)(=O)O)n2)ccc1S(=O)(=O)O. The van der Waals surface area contributed by atoms with Crippen LogP contribution in [0.4, 0.5) is 44.7 Å². The molecule has 0 saturated heterocycles. The number of hydrogen-bond acceptors (Lipinski definition) is 13. The number of fused-ring (bicyclic) bond motifs is 2. The normalized spacial score (nSPS) is 11.5. The molecule has 0 amide bonds. The summed E-state index contributed by atoms with van der Waals surface area (Å²) in [5, 5.41) is 20.7. The number of anilines is 7. The molecule has 0 aliphatic carbocycles. The molecule has 276 valence electrons. The molecule has 10 N–H and O–H groups in total. The van der Waals surface area contributed by atoms with Crippen LogP contribution in [0, 0.1) is 6.08 Å². The molecule has 7 rings (SSSR count). The monoisotopic (exact) mass is 770 g/mol. The number of aromatic hydroxyl groups is 1. The lowest BCUT2D eigenvalue weighted by atomic mass is 9.98. The van der Waals surface area contributed by atoms with Crippen molar-refractivity contribution in [1.82, 2.24) is 15.0 Å². The first-order valence-corrected chi connectivity index (χ1v) is 18.6. The molecule has 15 nitrogen and oxygen atoms in total. The number of aromatic nitrogens is 3. The second kappa shape index (κ2) is 14.8. The molecular formula is C36H31FN8O7S2. The molecule has 0 spiro atoms. The van der Waals surface area contributed by atoms with Crippen molar-refractivity contribution in [2.24, 2.45) is 0 Å². The molecule has 1 heterocycles. The highest BCUT2D eigenvalue weighted by atomic mass is 32.2. The van der Waals surface area contributed by atoms with E-state index in [1.165, 1.54) is 18.2 Å². The third kappa shape index (κ3) is 8.06. The average Bonchev–Trinajstić information content (AvgIpc) is 3.10. The van der Waals surface area contributed by atoms with Gasteiger partial charge in [0.15, 0.2) is 0 Å². The number of nitrogens with zero attached hydrogens (tertiary/aromatic N) is 3. The number of para-hydroxylation sites is 1. The second-order valence-electron chi connectivity index (χ2n) is 11.6. The summed E-state index contributed by atoms with van der Waals surface area (Å²) in [5.74, 6) is -0.505. The minimum Gasteiger partial charge on any atom is -0.507 e. The molecule has 54 heavy (non-hydrogen) atoms. The summed E-state index contributed by atoms with van der Waals surface area (Å²) in [4.78, 5) is 9.95. The number of benzene rings is 6. The Morgan fingerprint density at radius 2 is 1.35 bits per heavy atom. The van der Waals surface area contributed by atoms with Crippen LogP contribution < -0.4 is 27.4 Å².